The summed E-state index contributed by atoms with van der Waals surface area (Å²) in [7, 11) is -3.73. The number of hydrogen-bond donors (Lipinski definition) is 1. The van der Waals surface area contributed by atoms with Crippen LogP contribution < -0.4 is 9.62 Å². The SMILES string of the molecule is C[C@H](CC(=O)N1CCN(c2ccc(S(=O)(=O)Nc3ccncn3)cc2)CC1)c1ccccc1. The molecule has 1 aliphatic rings. The highest BCUT2D eigenvalue weighted by Gasteiger charge is 2.23. The Hall–Kier alpha value is -3.46. The average molecular weight is 466 g/mol. The van der Waals surface area contributed by atoms with Crippen LogP contribution in [0.2, 0.25) is 0 Å². The minimum Gasteiger partial charge on any atom is -0.368 e. The molecule has 1 N–H and O–H groups in total. The molecule has 2 aromatic carbocycles. The van der Waals surface area contributed by atoms with Crippen molar-refractivity contribution in [3.8, 4) is 0 Å². The molecule has 1 amide bonds. The van der Waals surface area contributed by atoms with Gasteiger partial charge < -0.3 is 9.80 Å². The van der Waals surface area contributed by atoms with Crippen molar-refractivity contribution in [1.29, 1.82) is 0 Å². The zero-order valence-corrected chi connectivity index (χ0v) is 19.3. The molecule has 0 radical (unpaired) electrons. The van der Waals surface area contributed by atoms with Crippen LogP contribution in [0.25, 0.3) is 0 Å². The topological polar surface area (TPSA) is 95.5 Å². The summed E-state index contributed by atoms with van der Waals surface area (Å²) < 4.78 is 27.6. The van der Waals surface area contributed by atoms with E-state index in [1.807, 2.05) is 23.1 Å². The second-order valence-corrected chi connectivity index (χ2v) is 9.76. The molecule has 172 valence electrons. The smallest absolute Gasteiger partial charge is 0.263 e. The number of benzene rings is 2. The highest BCUT2D eigenvalue weighted by Crippen LogP contribution is 2.23. The Morgan fingerprint density at radius 1 is 1.00 bits per heavy atom. The molecule has 2 heterocycles. The number of aromatic nitrogens is 2. The number of carbonyl (C=O) groups is 1. The van der Waals surface area contributed by atoms with E-state index < -0.39 is 10.0 Å². The lowest BCUT2D eigenvalue weighted by Gasteiger charge is -2.36. The fraction of sp³-hybridized carbons (Fsp3) is 0.292. The number of sulfonamides is 1. The van der Waals surface area contributed by atoms with Gasteiger partial charge in [0.25, 0.3) is 10.0 Å². The second kappa shape index (κ2) is 9.99. The summed E-state index contributed by atoms with van der Waals surface area (Å²) in [5, 5.41) is 0. The molecule has 33 heavy (non-hydrogen) atoms. The summed E-state index contributed by atoms with van der Waals surface area (Å²) in [4.78, 5) is 24.7. The quantitative estimate of drug-likeness (QED) is 0.576. The maximum absolute atomic E-state index is 12.8. The first-order valence-corrected chi connectivity index (χ1v) is 12.4. The van der Waals surface area contributed by atoms with Crippen molar-refractivity contribution >= 4 is 27.4 Å². The minimum absolute atomic E-state index is 0.161. The van der Waals surface area contributed by atoms with Gasteiger partial charge >= 0.3 is 0 Å². The molecule has 0 spiro atoms. The number of amides is 1. The van der Waals surface area contributed by atoms with Crippen LogP contribution in [0.1, 0.15) is 24.8 Å². The molecule has 1 aromatic heterocycles. The summed E-state index contributed by atoms with van der Waals surface area (Å²) in [6.45, 7) is 4.79. The molecule has 0 aliphatic carbocycles. The molecule has 8 nitrogen and oxygen atoms in total. The summed E-state index contributed by atoms with van der Waals surface area (Å²) in [5.41, 5.74) is 2.11. The largest absolute Gasteiger partial charge is 0.368 e. The fourth-order valence-corrected chi connectivity index (χ4v) is 4.90. The Labute approximate surface area is 194 Å². The van der Waals surface area contributed by atoms with Crippen LogP contribution in [0, 0.1) is 0 Å². The van der Waals surface area contributed by atoms with E-state index in [0.29, 0.717) is 32.6 Å². The summed E-state index contributed by atoms with van der Waals surface area (Å²) >= 11 is 0. The number of hydrogen-bond acceptors (Lipinski definition) is 6. The number of carbonyl (C=O) groups excluding carboxylic acids is 1. The predicted octanol–water partition coefficient (Wildman–Crippen LogP) is 3.12. The third-order valence-electron chi connectivity index (χ3n) is 5.81. The molecular formula is C24H27N5O3S. The lowest BCUT2D eigenvalue weighted by atomic mass is 9.97. The first-order chi connectivity index (χ1) is 15.9. The van der Waals surface area contributed by atoms with Crippen LogP contribution in [0.15, 0.2) is 78.1 Å². The Kier molecular flexibility index (Phi) is 6.88. The number of piperazine rings is 1. The van der Waals surface area contributed by atoms with E-state index in [1.165, 1.54) is 24.2 Å². The molecule has 3 aromatic rings. The Morgan fingerprint density at radius 2 is 1.70 bits per heavy atom. The van der Waals surface area contributed by atoms with Gasteiger partial charge in [0.2, 0.25) is 5.91 Å². The molecule has 0 bridgehead atoms. The Bertz CT molecular complexity index is 1160. The fourth-order valence-electron chi connectivity index (χ4n) is 3.89. The summed E-state index contributed by atoms with van der Waals surface area (Å²) in [6.07, 6.45) is 3.25. The molecule has 9 heteroatoms. The first-order valence-electron chi connectivity index (χ1n) is 10.9. The standard InChI is InChI=1S/C24H27N5O3S/c1-19(20-5-3-2-4-6-20)17-24(30)29-15-13-28(14-16-29)21-7-9-22(10-8-21)33(31,32)27-23-11-12-25-18-26-23/h2-12,18-19H,13-17H2,1H3,(H,25,26,27)/t19-/m1/s1. The third kappa shape index (κ3) is 5.67. The van der Waals surface area contributed by atoms with Gasteiger partial charge in [0.05, 0.1) is 4.90 Å². The Morgan fingerprint density at radius 3 is 2.33 bits per heavy atom. The van der Waals surface area contributed by atoms with Crippen LogP contribution >= 0.6 is 0 Å². The average Bonchev–Trinajstić information content (AvgIpc) is 2.85. The van der Waals surface area contributed by atoms with Crippen LogP contribution in [-0.4, -0.2) is 55.4 Å². The number of nitrogens with zero attached hydrogens (tertiary/aromatic N) is 4. The lowest BCUT2D eigenvalue weighted by Crippen LogP contribution is -2.49. The normalized spacial score (nSPS) is 15.2. The minimum atomic E-state index is -3.73. The Balaban J connectivity index is 1.32. The number of anilines is 2. The van der Waals surface area contributed by atoms with E-state index >= 15 is 0 Å². The van der Waals surface area contributed by atoms with Crippen LogP contribution in [0.3, 0.4) is 0 Å². The monoisotopic (exact) mass is 465 g/mol. The first kappa shape index (κ1) is 22.7. The van der Waals surface area contributed by atoms with Crippen molar-refractivity contribution < 1.29 is 13.2 Å². The van der Waals surface area contributed by atoms with Crippen LogP contribution in [-0.2, 0) is 14.8 Å². The van der Waals surface area contributed by atoms with E-state index in [4.69, 9.17) is 0 Å². The molecule has 1 atom stereocenters. The van der Waals surface area contributed by atoms with Crippen molar-refractivity contribution in [2.45, 2.75) is 24.2 Å². The van der Waals surface area contributed by atoms with Crippen molar-refractivity contribution in [3.63, 3.8) is 0 Å². The van der Waals surface area contributed by atoms with E-state index in [9.17, 15) is 13.2 Å². The number of rotatable bonds is 7. The van der Waals surface area contributed by atoms with Crippen molar-refractivity contribution in [1.82, 2.24) is 14.9 Å². The van der Waals surface area contributed by atoms with E-state index in [2.05, 4.69) is 38.6 Å². The molecule has 1 aliphatic heterocycles. The molecule has 0 unspecified atom stereocenters. The van der Waals surface area contributed by atoms with Gasteiger partial charge in [-0.05, 0) is 41.8 Å². The second-order valence-electron chi connectivity index (χ2n) is 8.08. The van der Waals surface area contributed by atoms with Gasteiger partial charge in [0.15, 0.2) is 0 Å². The van der Waals surface area contributed by atoms with Gasteiger partial charge in [-0.3, -0.25) is 9.52 Å². The molecule has 1 fully saturated rings. The maximum atomic E-state index is 12.8. The van der Waals surface area contributed by atoms with Crippen molar-refractivity contribution in [3.05, 3.63) is 78.8 Å². The molecule has 4 rings (SSSR count). The van der Waals surface area contributed by atoms with Gasteiger partial charge in [-0.2, -0.15) is 0 Å². The van der Waals surface area contributed by atoms with Gasteiger partial charge in [-0.15, -0.1) is 0 Å². The zero-order chi connectivity index (χ0) is 23.3. The van der Waals surface area contributed by atoms with Crippen molar-refractivity contribution in [2.24, 2.45) is 0 Å². The van der Waals surface area contributed by atoms with Gasteiger partial charge in [0, 0.05) is 44.5 Å². The van der Waals surface area contributed by atoms with Crippen LogP contribution in [0.4, 0.5) is 11.5 Å². The zero-order valence-electron chi connectivity index (χ0n) is 18.5. The highest BCUT2D eigenvalue weighted by molar-refractivity contribution is 7.92. The molecule has 0 saturated carbocycles. The number of nitrogens with one attached hydrogen (secondary N) is 1. The summed E-state index contributed by atoms with van der Waals surface area (Å²) in [6, 6.07) is 18.3. The van der Waals surface area contributed by atoms with Gasteiger partial charge in [-0.25, -0.2) is 18.4 Å². The van der Waals surface area contributed by atoms with Gasteiger partial charge in [-0.1, -0.05) is 37.3 Å². The highest BCUT2D eigenvalue weighted by atomic mass is 32.2. The van der Waals surface area contributed by atoms with Crippen molar-refractivity contribution in [2.75, 3.05) is 35.8 Å². The van der Waals surface area contributed by atoms with Crippen LogP contribution in [0.5, 0.6) is 0 Å². The molecule has 1 saturated heterocycles. The third-order valence-corrected chi connectivity index (χ3v) is 7.19. The summed E-state index contributed by atoms with van der Waals surface area (Å²) in [5.74, 6) is 0.571. The van der Waals surface area contributed by atoms with Gasteiger partial charge in [0.1, 0.15) is 12.1 Å². The van der Waals surface area contributed by atoms with E-state index in [0.717, 1.165) is 5.69 Å². The molecular weight excluding hydrogens is 438 g/mol. The van der Waals surface area contributed by atoms with E-state index in [-0.39, 0.29) is 22.5 Å². The maximum Gasteiger partial charge on any atom is 0.263 e. The predicted molar refractivity (Wildman–Crippen MR) is 128 cm³/mol. The van der Waals surface area contributed by atoms with E-state index in [1.54, 1.807) is 24.3 Å². The lowest BCUT2D eigenvalue weighted by molar-refractivity contribution is -0.131.